The van der Waals surface area contributed by atoms with E-state index < -0.39 is 5.97 Å². The van der Waals surface area contributed by atoms with Crippen LogP contribution in [0.2, 0.25) is 10.0 Å². The predicted octanol–water partition coefficient (Wildman–Crippen LogP) is 3.85. The number of rotatable bonds is 3. The second-order valence-electron chi connectivity index (χ2n) is 3.76. The maximum Gasteiger partial charge on any atom is 0.349 e. The van der Waals surface area contributed by atoms with Crippen LogP contribution in [0, 0.1) is 11.3 Å². The van der Waals surface area contributed by atoms with Crippen molar-refractivity contribution >= 4 is 35.2 Å². The number of carbonyl (C=O) groups excluding carboxylic acids is 1. The Bertz CT molecular complexity index is 510. The number of ether oxygens (including phenoxy) is 1. The van der Waals surface area contributed by atoms with Crippen LogP contribution < -0.4 is 0 Å². The lowest BCUT2D eigenvalue weighted by atomic mass is 10.1. The van der Waals surface area contributed by atoms with Crippen molar-refractivity contribution in [2.75, 3.05) is 0 Å². The topological polar surface area (TPSA) is 50.1 Å². The Balaban J connectivity index is 3.13. The number of esters is 1. The average Bonchev–Trinajstić information content (AvgIpc) is 2.27. The lowest BCUT2D eigenvalue weighted by Gasteiger charge is -2.07. The summed E-state index contributed by atoms with van der Waals surface area (Å²) < 4.78 is 4.94. The zero-order chi connectivity index (χ0) is 13.7. The number of nitriles is 1. The number of hydrogen-bond donors (Lipinski definition) is 0. The van der Waals surface area contributed by atoms with Gasteiger partial charge < -0.3 is 4.74 Å². The van der Waals surface area contributed by atoms with E-state index in [0.717, 1.165) is 0 Å². The van der Waals surface area contributed by atoms with Gasteiger partial charge in [0.15, 0.2) is 0 Å². The molecule has 0 amide bonds. The van der Waals surface area contributed by atoms with Gasteiger partial charge in [0, 0.05) is 15.6 Å². The molecule has 5 heteroatoms. The first-order chi connectivity index (χ1) is 8.45. The van der Waals surface area contributed by atoms with Crippen molar-refractivity contribution in [2.45, 2.75) is 20.0 Å². The molecule has 18 heavy (non-hydrogen) atoms. The molecule has 0 heterocycles. The van der Waals surface area contributed by atoms with Gasteiger partial charge in [0.25, 0.3) is 0 Å². The Morgan fingerprint density at radius 1 is 1.39 bits per heavy atom. The van der Waals surface area contributed by atoms with Crippen LogP contribution in [-0.4, -0.2) is 12.1 Å². The third-order valence-corrected chi connectivity index (χ3v) is 2.63. The van der Waals surface area contributed by atoms with Crippen LogP contribution in [-0.2, 0) is 9.53 Å². The largest absolute Gasteiger partial charge is 0.459 e. The van der Waals surface area contributed by atoms with Gasteiger partial charge >= 0.3 is 5.97 Å². The number of halogens is 2. The summed E-state index contributed by atoms with van der Waals surface area (Å²) in [7, 11) is 0. The van der Waals surface area contributed by atoms with Crippen molar-refractivity contribution in [1.29, 1.82) is 5.26 Å². The molecule has 3 nitrogen and oxygen atoms in total. The van der Waals surface area contributed by atoms with E-state index in [9.17, 15) is 4.79 Å². The highest BCUT2D eigenvalue weighted by molar-refractivity contribution is 6.37. The molecular formula is C13H11Cl2NO2. The summed E-state index contributed by atoms with van der Waals surface area (Å²) >= 11 is 11.9. The summed E-state index contributed by atoms with van der Waals surface area (Å²) in [6.45, 7) is 3.41. The molecule has 0 saturated carbocycles. The molecule has 0 N–H and O–H groups in total. The van der Waals surface area contributed by atoms with Crippen molar-refractivity contribution in [2.24, 2.45) is 0 Å². The number of carbonyl (C=O) groups is 1. The van der Waals surface area contributed by atoms with E-state index in [4.69, 9.17) is 33.2 Å². The fourth-order valence-corrected chi connectivity index (χ4v) is 1.71. The minimum absolute atomic E-state index is 0.140. The van der Waals surface area contributed by atoms with E-state index in [-0.39, 0.29) is 11.7 Å². The molecule has 94 valence electrons. The summed E-state index contributed by atoms with van der Waals surface area (Å²) in [4.78, 5) is 11.6. The molecule has 0 spiro atoms. The van der Waals surface area contributed by atoms with Crippen molar-refractivity contribution < 1.29 is 9.53 Å². The van der Waals surface area contributed by atoms with Gasteiger partial charge in [-0.3, -0.25) is 0 Å². The molecule has 1 aromatic rings. The van der Waals surface area contributed by atoms with E-state index >= 15 is 0 Å². The lowest BCUT2D eigenvalue weighted by Crippen LogP contribution is -2.12. The van der Waals surface area contributed by atoms with Crippen LogP contribution in [0.4, 0.5) is 0 Å². The molecule has 0 aliphatic heterocycles. The van der Waals surface area contributed by atoms with E-state index in [2.05, 4.69) is 0 Å². The Morgan fingerprint density at radius 2 is 1.94 bits per heavy atom. The molecule has 0 aromatic heterocycles. The standard InChI is InChI=1S/C13H11Cl2NO2/c1-8(2)18-13(17)9(7-16)6-10-11(14)4-3-5-12(10)15/h3-6,8H,1-2H3. The van der Waals surface area contributed by atoms with Crippen LogP contribution in [0.5, 0.6) is 0 Å². The van der Waals surface area contributed by atoms with Crippen molar-refractivity contribution in [3.05, 3.63) is 39.4 Å². The van der Waals surface area contributed by atoms with Crippen LogP contribution in [0.1, 0.15) is 19.4 Å². The van der Waals surface area contributed by atoms with E-state index in [1.807, 2.05) is 0 Å². The Morgan fingerprint density at radius 3 is 2.39 bits per heavy atom. The molecule has 0 unspecified atom stereocenters. The number of nitrogens with zero attached hydrogens (tertiary/aromatic N) is 1. The summed E-state index contributed by atoms with van der Waals surface area (Å²) in [5.41, 5.74) is 0.289. The van der Waals surface area contributed by atoms with Crippen LogP contribution in [0.15, 0.2) is 23.8 Å². The molecule has 0 radical (unpaired) electrons. The Kier molecular flexibility index (Phi) is 5.21. The summed E-state index contributed by atoms with van der Waals surface area (Å²) in [5.74, 6) is -0.691. The highest BCUT2D eigenvalue weighted by Gasteiger charge is 2.14. The van der Waals surface area contributed by atoms with Crippen LogP contribution in [0.25, 0.3) is 6.08 Å². The normalized spacial score (nSPS) is 11.2. The first kappa shape index (κ1) is 14.6. The fraction of sp³-hybridized carbons (Fsp3) is 0.231. The molecule has 0 fully saturated rings. The molecule has 1 rings (SSSR count). The summed E-state index contributed by atoms with van der Waals surface area (Å²) in [6, 6.07) is 6.71. The highest BCUT2D eigenvalue weighted by atomic mass is 35.5. The van der Waals surface area contributed by atoms with Crippen molar-refractivity contribution in [3.63, 3.8) is 0 Å². The average molecular weight is 284 g/mol. The minimum atomic E-state index is -0.691. The van der Waals surface area contributed by atoms with Crippen LogP contribution >= 0.6 is 23.2 Å². The third-order valence-electron chi connectivity index (χ3n) is 1.97. The van der Waals surface area contributed by atoms with Gasteiger partial charge in [0.2, 0.25) is 0 Å². The summed E-state index contributed by atoms with van der Waals surface area (Å²) in [6.07, 6.45) is 1.03. The SMILES string of the molecule is CC(C)OC(=O)C(C#N)=Cc1c(Cl)cccc1Cl. The molecule has 0 aliphatic rings. The molecular weight excluding hydrogens is 273 g/mol. The van der Waals surface area contributed by atoms with E-state index in [1.165, 1.54) is 6.08 Å². The van der Waals surface area contributed by atoms with Gasteiger partial charge in [0.05, 0.1) is 6.10 Å². The number of hydrogen-bond acceptors (Lipinski definition) is 3. The molecule has 0 saturated heterocycles. The Labute approximate surface area is 116 Å². The first-order valence-corrected chi connectivity index (χ1v) is 5.98. The Hall–Kier alpha value is -1.50. The van der Waals surface area contributed by atoms with Gasteiger partial charge in [-0.2, -0.15) is 5.26 Å². The summed E-state index contributed by atoms with van der Waals surface area (Å²) in [5, 5.41) is 9.68. The van der Waals surface area contributed by atoms with Crippen molar-refractivity contribution in [3.8, 4) is 6.07 Å². The predicted molar refractivity (Wildman–Crippen MR) is 71.3 cm³/mol. The lowest BCUT2D eigenvalue weighted by molar-refractivity contribution is -0.142. The maximum absolute atomic E-state index is 11.6. The molecule has 0 aliphatic carbocycles. The fourth-order valence-electron chi connectivity index (χ4n) is 1.21. The second-order valence-corrected chi connectivity index (χ2v) is 4.57. The second kappa shape index (κ2) is 6.44. The molecule has 0 atom stereocenters. The molecule has 1 aromatic carbocycles. The maximum atomic E-state index is 11.6. The van der Waals surface area contributed by atoms with Gasteiger partial charge in [0.1, 0.15) is 11.6 Å². The monoisotopic (exact) mass is 283 g/mol. The first-order valence-electron chi connectivity index (χ1n) is 5.22. The number of benzene rings is 1. The third kappa shape index (κ3) is 3.76. The van der Waals surface area contributed by atoms with Crippen molar-refractivity contribution in [1.82, 2.24) is 0 Å². The van der Waals surface area contributed by atoms with Gasteiger partial charge in [-0.05, 0) is 32.1 Å². The quantitative estimate of drug-likeness (QED) is 0.481. The zero-order valence-electron chi connectivity index (χ0n) is 9.91. The smallest absolute Gasteiger partial charge is 0.349 e. The zero-order valence-corrected chi connectivity index (χ0v) is 11.4. The van der Waals surface area contributed by atoms with Gasteiger partial charge in [-0.1, -0.05) is 29.3 Å². The van der Waals surface area contributed by atoms with Gasteiger partial charge in [-0.15, -0.1) is 0 Å². The van der Waals surface area contributed by atoms with Crippen LogP contribution in [0.3, 0.4) is 0 Å². The van der Waals surface area contributed by atoms with E-state index in [0.29, 0.717) is 15.6 Å². The van der Waals surface area contributed by atoms with Gasteiger partial charge in [-0.25, -0.2) is 4.79 Å². The van der Waals surface area contributed by atoms with E-state index in [1.54, 1.807) is 38.1 Å². The molecule has 0 bridgehead atoms. The minimum Gasteiger partial charge on any atom is -0.459 e. The highest BCUT2D eigenvalue weighted by Crippen LogP contribution is 2.26.